The van der Waals surface area contributed by atoms with Gasteiger partial charge in [-0.25, -0.2) is 9.59 Å². The van der Waals surface area contributed by atoms with Crippen LogP contribution in [0.3, 0.4) is 0 Å². The molecule has 0 bridgehead atoms. The summed E-state index contributed by atoms with van der Waals surface area (Å²) in [6, 6.07) is 16.8. The average Bonchev–Trinajstić information content (AvgIpc) is 3.34. The third-order valence-electron chi connectivity index (χ3n) is 6.66. The van der Waals surface area contributed by atoms with Gasteiger partial charge in [-0.3, -0.25) is 9.59 Å². The van der Waals surface area contributed by atoms with Crippen LogP contribution in [0, 0.1) is 0 Å². The standard InChI is InChI=1S/C30H31N3O6S/c1-30(2,3)39-29(37)32-22-26(35)33-23(21(17-40-27(22)33)16-20-14-15-31-25(20)34)28(36)38-24(18-10-6-4-7-11-18)19-12-8-5-9-13-19/h4-13,16-17,22-24,27H,14-15H2,1-3H3,(H,31,34)(H,32,37). The number of nitrogens with one attached hydrogen (secondary N) is 2. The third-order valence-corrected chi connectivity index (χ3v) is 7.85. The first kappa shape index (κ1) is 27.5. The summed E-state index contributed by atoms with van der Waals surface area (Å²) in [5, 5.41) is 6.63. The van der Waals surface area contributed by atoms with E-state index in [9.17, 15) is 19.2 Å². The minimum Gasteiger partial charge on any atom is -0.451 e. The summed E-state index contributed by atoms with van der Waals surface area (Å²) in [7, 11) is 0. The number of rotatable bonds is 6. The van der Waals surface area contributed by atoms with E-state index in [1.54, 1.807) is 32.3 Å². The topological polar surface area (TPSA) is 114 Å². The fourth-order valence-corrected chi connectivity index (χ4v) is 6.04. The molecule has 0 aromatic heterocycles. The van der Waals surface area contributed by atoms with Crippen LogP contribution >= 0.6 is 11.8 Å². The Balaban J connectivity index is 1.45. The van der Waals surface area contributed by atoms with Crippen molar-refractivity contribution >= 4 is 35.6 Å². The second kappa shape index (κ2) is 11.2. The van der Waals surface area contributed by atoms with Crippen LogP contribution in [0.4, 0.5) is 4.79 Å². The van der Waals surface area contributed by atoms with Gasteiger partial charge in [0.15, 0.2) is 12.1 Å². The van der Waals surface area contributed by atoms with Gasteiger partial charge in [-0.05, 0) is 55.4 Å². The Morgan fingerprint density at radius 3 is 2.23 bits per heavy atom. The zero-order valence-corrected chi connectivity index (χ0v) is 23.3. The second-order valence-corrected chi connectivity index (χ2v) is 11.7. The number of ether oxygens (including phenoxy) is 2. The minimum absolute atomic E-state index is 0.203. The van der Waals surface area contributed by atoms with E-state index in [0.717, 1.165) is 11.1 Å². The Hall–Kier alpha value is -4.05. The van der Waals surface area contributed by atoms with Crippen molar-refractivity contribution in [2.24, 2.45) is 0 Å². The smallest absolute Gasteiger partial charge is 0.408 e. The summed E-state index contributed by atoms with van der Waals surface area (Å²) >= 11 is 1.30. The fraction of sp³-hybridized carbons (Fsp3) is 0.333. The van der Waals surface area contributed by atoms with Crippen LogP contribution in [0.2, 0.25) is 0 Å². The Morgan fingerprint density at radius 2 is 1.68 bits per heavy atom. The van der Waals surface area contributed by atoms with E-state index >= 15 is 0 Å². The van der Waals surface area contributed by atoms with Gasteiger partial charge in [-0.1, -0.05) is 60.7 Å². The molecule has 9 nitrogen and oxygen atoms in total. The lowest BCUT2D eigenvalue weighted by atomic mass is 9.95. The van der Waals surface area contributed by atoms with Crippen LogP contribution in [0.5, 0.6) is 0 Å². The largest absolute Gasteiger partial charge is 0.451 e. The maximum Gasteiger partial charge on any atom is 0.408 e. The molecule has 3 atom stereocenters. The molecule has 0 spiro atoms. The first-order valence-electron chi connectivity index (χ1n) is 13.1. The van der Waals surface area contributed by atoms with E-state index < -0.39 is 47.1 Å². The Morgan fingerprint density at radius 1 is 1.05 bits per heavy atom. The van der Waals surface area contributed by atoms with E-state index in [1.165, 1.54) is 16.7 Å². The number of carbonyl (C=O) groups is 4. The summed E-state index contributed by atoms with van der Waals surface area (Å²) < 4.78 is 11.5. The van der Waals surface area contributed by atoms with Crippen molar-refractivity contribution in [2.75, 3.05) is 6.54 Å². The molecule has 2 aromatic carbocycles. The van der Waals surface area contributed by atoms with Gasteiger partial charge in [-0.15, -0.1) is 11.8 Å². The molecule has 3 unspecified atom stereocenters. The SMILES string of the molecule is CC(C)(C)OC(=O)NC1C(=O)N2C(C(=O)OC(c3ccccc3)c3ccccc3)C(C=C3CCNC3=O)=CSC12. The van der Waals surface area contributed by atoms with Crippen LogP contribution in [-0.4, -0.2) is 58.4 Å². The van der Waals surface area contributed by atoms with Gasteiger partial charge in [0.05, 0.1) is 0 Å². The molecule has 2 fully saturated rings. The lowest BCUT2D eigenvalue weighted by Crippen LogP contribution is -2.74. The molecule has 0 saturated carbocycles. The molecule has 2 N–H and O–H groups in total. The zero-order valence-electron chi connectivity index (χ0n) is 22.5. The molecule has 3 aliphatic rings. The third kappa shape index (κ3) is 5.77. The van der Waals surface area contributed by atoms with Crippen molar-refractivity contribution < 1.29 is 28.7 Å². The van der Waals surface area contributed by atoms with E-state index in [-0.39, 0.29) is 5.91 Å². The summed E-state index contributed by atoms with van der Waals surface area (Å²) in [5.41, 5.74) is 1.85. The Bertz CT molecular complexity index is 1330. The molecule has 0 aliphatic carbocycles. The first-order chi connectivity index (χ1) is 19.1. The van der Waals surface area contributed by atoms with Crippen molar-refractivity contribution in [2.45, 2.75) is 56.4 Å². The average molecular weight is 562 g/mol. The number of hydrogen-bond acceptors (Lipinski definition) is 7. The molecule has 2 saturated heterocycles. The number of alkyl carbamates (subject to hydrolysis) is 1. The molecule has 40 heavy (non-hydrogen) atoms. The van der Waals surface area contributed by atoms with Crippen LogP contribution in [0.25, 0.3) is 0 Å². The van der Waals surface area contributed by atoms with Crippen LogP contribution in [0.1, 0.15) is 44.4 Å². The highest BCUT2D eigenvalue weighted by Crippen LogP contribution is 2.42. The molecule has 5 rings (SSSR count). The Labute approximate surface area is 237 Å². The number of benzene rings is 2. The highest BCUT2D eigenvalue weighted by Gasteiger charge is 2.56. The fourth-order valence-electron chi connectivity index (χ4n) is 4.85. The van der Waals surface area contributed by atoms with E-state index in [1.807, 2.05) is 60.7 Å². The molecule has 10 heteroatoms. The molecule has 2 aromatic rings. The molecule has 3 amide bonds. The van der Waals surface area contributed by atoms with E-state index in [0.29, 0.717) is 24.1 Å². The van der Waals surface area contributed by atoms with Gasteiger partial charge in [0, 0.05) is 12.1 Å². The predicted molar refractivity (Wildman–Crippen MR) is 150 cm³/mol. The number of carbonyl (C=O) groups excluding carboxylic acids is 4. The molecule has 3 aliphatic heterocycles. The lowest BCUT2D eigenvalue weighted by molar-refractivity contribution is -0.164. The number of hydrogen-bond donors (Lipinski definition) is 2. The zero-order chi connectivity index (χ0) is 28.4. The predicted octanol–water partition coefficient (Wildman–Crippen LogP) is 3.83. The van der Waals surface area contributed by atoms with Crippen molar-refractivity contribution in [1.82, 2.24) is 15.5 Å². The quantitative estimate of drug-likeness (QED) is 0.313. The van der Waals surface area contributed by atoms with Gasteiger partial charge in [-0.2, -0.15) is 0 Å². The minimum atomic E-state index is -1.09. The maximum absolute atomic E-state index is 14.0. The van der Waals surface area contributed by atoms with E-state index in [4.69, 9.17) is 9.47 Å². The highest BCUT2D eigenvalue weighted by atomic mass is 32.2. The van der Waals surface area contributed by atoms with Crippen molar-refractivity contribution in [3.8, 4) is 0 Å². The van der Waals surface area contributed by atoms with Crippen molar-refractivity contribution in [1.29, 1.82) is 0 Å². The van der Waals surface area contributed by atoms with Gasteiger partial charge in [0.1, 0.15) is 17.0 Å². The number of thioether (sulfide) groups is 1. The van der Waals surface area contributed by atoms with Crippen molar-refractivity contribution in [3.05, 3.63) is 94.4 Å². The number of esters is 1. The van der Waals surface area contributed by atoms with Gasteiger partial charge in [0.25, 0.3) is 0 Å². The monoisotopic (exact) mass is 561 g/mol. The van der Waals surface area contributed by atoms with E-state index in [2.05, 4.69) is 10.6 Å². The van der Waals surface area contributed by atoms with Crippen LogP contribution in [-0.2, 0) is 23.9 Å². The maximum atomic E-state index is 14.0. The molecule has 3 heterocycles. The Kier molecular flexibility index (Phi) is 7.71. The molecule has 0 radical (unpaired) electrons. The molecular formula is C30H31N3O6S. The number of fused-ring (bicyclic) bond motifs is 1. The summed E-state index contributed by atoms with van der Waals surface area (Å²) in [4.78, 5) is 53.5. The molecular weight excluding hydrogens is 530 g/mol. The van der Waals surface area contributed by atoms with Gasteiger partial charge < -0.3 is 25.0 Å². The number of nitrogens with zero attached hydrogens (tertiary/aromatic N) is 1. The van der Waals surface area contributed by atoms with Crippen LogP contribution < -0.4 is 10.6 Å². The summed E-state index contributed by atoms with van der Waals surface area (Å²) in [6.45, 7) is 5.72. The van der Waals surface area contributed by atoms with Crippen molar-refractivity contribution in [3.63, 3.8) is 0 Å². The summed E-state index contributed by atoms with van der Waals surface area (Å²) in [5.74, 6) is -1.26. The van der Waals surface area contributed by atoms with Crippen LogP contribution in [0.15, 0.2) is 83.3 Å². The number of β-lactam (4-membered cyclic amide) rings is 1. The van der Waals surface area contributed by atoms with Gasteiger partial charge in [0.2, 0.25) is 11.8 Å². The first-order valence-corrected chi connectivity index (χ1v) is 14.0. The summed E-state index contributed by atoms with van der Waals surface area (Å²) in [6.07, 6.45) is 0.760. The van der Waals surface area contributed by atoms with Gasteiger partial charge >= 0.3 is 12.1 Å². The lowest BCUT2D eigenvalue weighted by Gasteiger charge is -2.51. The highest BCUT2D eigenvalue weighted by molar-refractivity contribution is 8.03. The normalized spacial score (nSPS) is 23.2. The second-order valence-electron chi connectivity index (χ2n) is 10.7. The molecule has 208 valence electrons. The number of amides is 3.